The smallest absolute Gasteiger partial charge is 0.215 e. The SMILES string of the molecule is CCC(CC)(C(C)(C)C)S(N)(=O)=O. The number of hydrogen-bond donors (Lipinski definition) is 1. The van der Waals surface area contributed by atoms with E-state index in [0.29, 0.717) is 12.8 Å². The molecular formula is C9H21NO2S. The van der Waals surface area contributed by atoms with Crippen molar-refractivity contribution in [3.8, 4) is 0 Å². The maximum absolute atomic E-state index is 11.5. The van der Waals surface area contributed by atoms with Crippen molar-refractivity contribution in [1.82, 2.24) is 0 Å². The van der Waals surface area contributed by atoms with Gasteiger partial charge in [-0.1, -0.05) is 34.6 Å². The third-order valence-corrected chi connectivity index (χ3v) is 5.33. The van der Waals surface area contributed by atoms with E-state index in [4.69, 9.17) is 5.14 Å². The second kappa shape index (κ2) is 3.58. The number of sulfonamides is 1. The highest BCUT2D eigenvalue weighted by Crippen LogP contribution is 2.41. The summed E-state index contributed by atoms with van der Waals surface area (Å²) in [7, 11) is -3.48. The highest BCUT2D eigenvalue weighted by Gasteiger charge is 2.48. The topological polar surface area (TPSA) is 60.2 Å². The lowest BCUT2D eigenvalue weighted by Crippen LogP contribution is -2.52. The molecule has 0 saturated heterocycles. The molecule has 0 aliphatic rings. The van der Waals surface area contributed by atoms with Crippen LogP contribution in [-0.2, 0) is 10.0 Å². The summed E-state index contributed by atoms with van der Waals surface area (Å²) >= 11 is 0. The van der Waals surface area contributed by atoms with E-state index in [-0.39, 0.29) is 5.41 Å². The summed E-state index contributed by atoms with van der Waals surface area (Å²) < 4.78 is 22.3. The van der Waals surface area contributed by atoms with Gasteiger partial charge in [0.05, 0.1) is 4.75 Å². The summed E-state index contributed by atoms with van der Waals surface area (Å²) in [5, 5.41) is 5.29. The summed E-state index contributed by atoms with van der Waals surface area (Å²) in [5.41, 5.74) is -0.315. The van der Waals surface area contributed by atoms with Gasteiger partial charge in [0, 0.05) is 0 Å². The van der Waals surface area contributed by atoms with E-state index in [1.807, 2.05) is 34.6 Å². The van der Waals surface area contributed by atoms with Gasteiger partial charge < -0.3 is 0 Å². The second-order valence-electron chi connectivity index (χ2n) is 4.50. The minimum absolute atomic E-state index is 0.315. The van der Waals surface area contributed by atoms with Crippen LogP contribution >= 0.6 is 0 Å². The molecule has 0 heterocycles. The maximum atomic E-state index is 11.5. The minimum Gasteiger partial charge on any atom is -0.228 e. The molecule has 0 radical (unpaired) electrons. The van der Waals surface area contributed by atoms with E-state index in [1.54, 1.807) is 0 Å². The molecule has 80 valence electrons. The van der Waals surface area contributed by atoms with Gasteiger partial charge in [-0.15, -0.1) is 0 Å². The highest BCUT2D eigenvalue weighted by atomic mass is 32.2. The zero-order valence-corrected chi connectivity index (χ0v) is 10.0. The van der Waals surface area contributed by atoms with Gasteiger partial charge in [-0.2, -0.15) is 0 Å². The van der Waals surface area contributed by atoms with Crippen LogP contribution in [0.5, 0.6) is 0 Å². The van der Waals surface area contributed by atoms with Crippen LogP contribution in [0.3, 0.4) is 0 Å². The standard InChI is InChI=1S/C9H21NO2S/c1-6-9(7-2,8(3,4)5)13(10,11)12/h6-7H2,1-5H3,(H2,10,11,12). The van der Waals surface area contributed by atoms with Crippen LogP contribution in [0.25, 0.3) is 0 Å². The molecule has 0 rings (SSSR count). The molecule has 0 spiro atoms. The van der Waals surface area contributed by atoms with Gasteiger partial charge in [-0.25, -0.2) is 13.6 Å². The fourth-order valence-electron chi connectivity index (χ4n) is 2.14. The molecule has 0 bridgehead atoms. The first-order valence-electron chi connectivity index (χ1n) is 4.64. The summed E-state index contributed by atoms with van der Waals surface area (Å²) in [6, 6.07) is 0. The minimum atomic E-state index is -3.48. The van der Waals surface area contributed by atoms with Gasteiger partial charge in [0.1, 0.15) is 0 Å². The summed E-state index contributed by atoms with van der Waals surface area (Å²) in [5.74, 6) is 0. The average Bonchev–Trinajstić information content (AvgIpc) is 1.84. The van der Waals surface area contributed by atoms with Crippen LogP contribution < -0.4 is 5.14 Å². The molecular weight excluding hydrogens is 186 g/mol. The van der Waals surface area contributed by atoms with E-state index in [9.17, 15) is 8.42 Å². The number of rotatable bonds is 3. The predicted molar refractivity (Wildman–Crippen MR) is 55.9 cm³/mol. The van der Waals surface area contributed by atoms with Gasteiger partial charge >= 0.3 is 0 Å². The van der Waals surface area contributed by atoms with Gasteiger partial charge in [-0.3, -0.25) is 0 Å². The number of nitrogens with two attached hydrogens (primary N) is 1. The lowest BCUT2D eigenvalue weighted by atomic mass is 9.76. The van der Waals surface area contributed by atoms with E-state index in [2.05, 4.69) is 0 Å². The monoisotopic (exact) mass is 207 g/mol. The van der Waals surface area contributed by atoms with Crippen LogP contribution in [0.2, 0.25) is 0 Å². The Morgan fingerprint density at radius 2 is 1.38 bits per heavy atom. The van der Waals surface area contributed by atoms with Crippen molar-refractivity contribution < 1.29 is 8.42 Å². The first kappa shape index (κ1) is 12.9. The van der Waals surface area contributed by atoms with Crippen molar-refractivity contribution >= 4 is 10.0 Å². The van der Waals surface area contributed by atoms with Crippen LogP contribution in [-0.4, -0.2) is 13.2 Å². The normalized spacial score (nSPS) is 14.6. The molecule has 0 aromatic heterocycles. The van der Waals surface area contributed by atoms with E-state index in [1.165, 1.54) is 0 Å². The zero-order valence-electron chi connectivity index (χ0n) is 9.22. The van der Waals surface area contributed by atoms with Crippen molar-refractivity contribution in [2.75, 3.05) is 0 Å². The molecule has 3 nitrogen and oxygen atoms in total. The van der Waals surface area contributed by atoms with Gasteiger partial charge in [0.25, 0.3) is 0 Å². The third-order valence-electron chi connectivity index (χ3n) is 3.05. The molecule has 0 amide bonds. The van der Waals surface area contributed by atoms with E-state index < -0.39 is 14.8 Å². The van der Waals surface area contributed by atoms with Crippen LogP contribution in [0.1, 0.15) is 47.5 Å². The molecule has 0 unspecified atom stereocenters. The largest absolute Gasteiger partial charge is 0.228 e. The Labute approximate surface area is 81.8 Å². The molecule has 0 fully saturated rings. The first-order valence-corrected chi connectivity index (χ1v) is 6.19. The van der Waals surface area contributed by atoms with Gasteiger partial charge in [0.2, 0.25) is 10.0 Å². The fraction of sp³-hybridized carbons (Fsp3) is 1.00. The van der Waals surface area contributed by atoms with Crippen LogP contribution in [0.15, 0.2) is 0 Å². The molecule has 0 saturated carbocycles. The van der Waals surface area contributed by atoms with Crippen molar-refractivity contribution in [3.63, 3.8) is 0 Å². The molecule has 0 atom stereocenters. The first-order chi connectivity index (χ1) is 5.62. The van der Waals surface area contributed by atoms with Gasteiger partial charge in [0.15, 0.2) is 0 Å². The Kier molecular flexibility index (Phi) is 3.55. The summed E-state index contributed by atoms with van der Waals surface area (Å²) in [4.78, 5) is 0. The molecule has 2 N–H and O–H groups in total. The summed E-state index contributed by atoms with van der Waals surface area (Å²) in [6.45, 7) is 9.51. The number of primary sulfonamides is 1. The molecule has 4 heteroatoms. The van der Waals surface area contributed by atoms with Crippen molar-refractivity contribution in [3.05, 3.63) is 0 Å². The number of hydrogen-bond acceptors (Lipinski definition) is 2. The third kappa shape index (κ3) is 2.05. The Morgan fingerprint density at radius 3 is 1.38 bits per heavy atom. The highest BCUT2D eigenvalue weighted by molar-refractivity contribution is 7.90. The Hall–Kier alpha value is -0.0900. The average molecular weight is 207 g/mol. The van der Waals surface area contributed by atoms with Crippen LogP contribution in [0.4, 0.5) is 0 Å². The second-order valence-corrected chi connectivity index (χ2v) is 6.37. The van der Waals surface area contributed by atoms with Gasteiger partial charge in [-0.05, 0) is 18.3 Å². The van der Waals surface area contributed by atoms with E-state index in [0.717, 1.165) is 0 Å². The maximum Gasteiger partial charge on any atom is 0.215 e. The van der Waals surface area contributed by atoms with Crippen molar-refractivity contribution in [2.45, 2.75) is 52.2 Å². The quantitative estimate of drug-likeness (QED) is 0.768. The van der Waals surface area contributed by atoms with Crippen molar-refractivity contribution in [1.29, 1.82) is 0 Å². The fourth-order valence-corrected chi connectivity index (χ4v) is 3.80. The Balaban J connectivity index is 5.45. The Bertz CT molecular complexity index is 258. The lowest BCUT2D eigenvalue weighted by Gasteiger charge is -2.41. The molecule has 13 heavy (non-hydrogen) atoms. The van der Waals surface area contributed by atoms with Crippen molar-refractivity contribution in [2.24, 2.45) is 10.6 Å². The van der Waals surface area contributed by atoms with Crippen LogP contribution in [0, 0.1) is 5.41 Å². The lowest BCUT2D eigenvalue weighted by molar-refractivity contribution is 0.249. The molecule has 0 aliphatic heterocycles. The Morgan fingerprint density at radius 1 is 1.08 bits per heavy atom. The molecule has 0 aromatic carbocycles. The zero-order chi connectivity index (χ0) is 10.9. The summed E-state index contributed by atoms with van der Waals surface area (Å²) in [6.07, 6.45) is 1.12. The predicted octanol–water partition coefficient (Wildman–Crippen LogP) is 1.88. The molecule has 0 aliphatic carbocycles. The van der Waals surface area contributed by atoms with E-state index >= 15 is 0 Å². The molecule has 0 aromatic rings.